The number of amides is 1. The molecule has 3 rings (SSSR count). The Hall–Kier alpha value is -2.27. The molecule has 4 nitrogen and oxygen atoms in total. The number of anilines is 2. The summed E-state index contributed by atoms with van der Waals surface area (Å²) in [7, 11) is 0. The number of rotatable bonds is 2. The number of hydrogen-bond donors (Lipinski definition) is 2. The molecule has 0 radical (unpaired) electrons. The van der Waals surface area contributed by atoms with E-state index in [9.17, 15) is 4.79 Å². The maximum Gasteiger partial charge on any atom is 0.291 e. The molecule has 0 aliphatic carbocycles. The summed E-state index contributed by atoms with van der Waals surface area (Å²) in [6.07, 6.45) is 0. The van der Waals surface area contributed by atoms with Crippen molar-refractivity contribution in [1.82, 2.24) is 0 Å². The lowest BCUT2D eigenvalue weighted by Crippen LogP contribution is -2.11. The van der Waals surface area contributed by atoms with Crippen LogP contribution in [0.15, 0.2) is 51.4 Å². The van der Waals surface area contributed by atoms with Crippen LogP contribution in [-0.4, -0.2) is 5.91 Å². The van der Waals surface area contributed by atoms with E-state index in [1.54, 1.807) is 24.3 Å². The lowest BCUT2D eigenvalue weighted by atomic mass is 10.2. The zero-order valence-corrected chi connectivity index (χ0v) is 12.9. The van der Waals surface area contributed by atoms with Crippen LogP contribution in [0.4, 0.5) is 11.4 Å². The number of benzene rings is 2. The summed E-state index contributed by atoms with van der Waals surface area (Å²) >= 11 is 3.46. The van der Waals surface area contributed by atoms with Gasteiger partial charge in [-0.2, -0.15) is 0 Å². The minimum Gasteiger partial charge on any atom is -0.451 e. The van der Waals surface area contributed by atoms with Gasteiger partial charge in [0.05, 0.1) is 5.69 Å². The molecule has 1 amide bonds. The maximum atomic E-state index is 12.3. The quantitative estimate of drug-likeness (QED) is 0.679. The smallest absolute Gasteiger partial charge is 0.291 e. The van der Waals surface area contributed by atoms with Crippen molar-refractivity contribution in [2.24, 2.45) is 0 Å². The molecule has 0 atom stereocenters. The largest absolute Gasteiger partial charge is 0.451 e. The molecule has 0 saturated heterocycles. The maximum absolute atomic E-state index is 12.3. The Balaban J connectivity index is 1.91. The van der Waals surface area contributed by atoms with Crippen LogP contribution < -0.4 is 11.1 Å². The third-order valence-corrected chi connectivity index (χ3v) is 4.26. The third kappa shape index (κ3) is 2.64. The summed E-state index contributed by atoms with van der Waals surface area (Å²) in [6, 6.07) is 12.6. The predicted octanol–water partition coefficient (Wildman–Crippen LogP) is 4.34. The number of nitrogens with two attached hydrogens (primary N) is 1. The van der Waals surface area contributed by atoms with Gasteiger partial charge in [0.2, 0.25) is 0 Å². The molecule has 106 valence electrons. The Kier molecular flexibility index (Phi) is 3.43. The molecule has 0 spiro atoms. The van der Waals surface area contributed by atoms with E-state index in [1.807, 2.05) is 25.1 Å². The van der Waals surface area contributed by atoms with Gasteiger partial charge in [-0.3, -0.25) is 4.79 Å². The molecule has 0 unspecified atom stereocenters. The van der Waals surface area contributed by atoms with Gasteiger partial charge in [0.25, 0.3) is 5.91 Å². The highest BCUT2D eigenvalue weighted by Gasteiger charge is 2.14. The van der Waals surface area contributed by atoms with E-state index in [2.05, 4.69) is 21.2 Å². The van der Waals surface area contributed by atoms with Crippen LogP contribution >= 0.6 is 15.9 Å². The first-order chi connectivity index (χ1) is 10.0. The van der Waals surface area contributed by atoms with Crippen LogP contribution in [-0.2, 0) is 0 Å². The van der Waals surface area contributed by atoms with E-state index in [-0.39, 0.29) is 11.7 Å². The van der Waals surface area contributed by atoms with E-state index in [0.29, 0.717) is 17.0 Å². The summed E-state index contributed by atoms with van der Waals surface area (Å²) in [4.78, 5) is 12.3. The summed E-state index contributed by atoms with van der Waals surface area (Å²) in [5.41, 5.74) is 8.75. The highest BCUT2D eigenvalue weighted by Crippen LogP contribution is 2.27. The average molecular weight is 345 g/mol. The number of nitrogen functional groups attached to an aromatic ring is 1. The zero-order valence-electron chi connectivity index (χ0n) is 11.3. The zero-order chi connectivity index (χ0) is 15.0. The molecule has 0 aliphatic rings. The predicted molar refractivity (Wildman–Crippen MR) is 87.5 cm³/mol. The summed E-state index contributed by atoms with van der Waals surface area (Å²) in [6.45, 7) is 1.96. The topological polar surface area (TPSA) is 68.3 Å². The van der Waals surface area contributed by atoms with Crippen LogP contribution in [0.5, 0.6) is 0 Å². The first-order valence-electron chi connectivity index (χ1n) is 6.40. The fourth-order valence-corrected chi connectivity index (χ4v) is 2.47. The minimum absolute atomic E-state index is 0.254. The second-order valence-corrected chi connectivity index (χ2v) is 5.59. The van der Waals surface area contributed by atoms with Crippen LogP contribution in [0.3, 0.4) is 0 Å². The first kappa shape index (κ1) is 13.7. The molecule has 0 fully saturated rings. The normalized spacial score (nSPS) is 10.8. The van der Waals surface area contributed by atoms with Gasteiger partial charge in [-0.05, 0) is 58.7 Å². The highest BCUT2D eigenvalue weighted by atomic mass is 79.9. The summed E-state index contributed by atoms with van der Waals surface area (Å²) in [5.74, 6) is -0.0416. The van der Waals surface area contributed by atoms with E-state index < -0.39 is 0 Å². The molecule has 1 aromatic heterocycles. The van der Waals surface area contributed by atoms with Gasteiger partial charge < -0.3 is 15.5 Å². The van der Waals surface area contributed by atoms with Crippen molar-refractivity contribution in [2.45, 2.75) is 6.92 Å². The van der Waals surface area contributed by atoms with Gasteiger partial charge in [-0.25, -0.2) is 0 Å². The number of carbonyl (C=O) groups is 1. The average Bonchev–Trinajstić information content (AvgIpc) is 2.87. The molecule has 2 aromatic carbocycles. The number of carbonyl (C=O) groups excluding carboxylic acids is 1. The van der Waals surface area contributed by atoms with Gasteiger partial charge in [-0.1, -0.05) is 12.1 Å². The molecule has 21 heavy (non-hydrogen) atoms. The number of hydrogen-bond acceptors (Lipinski definition) is 3. The number of aryl methyl sites for hydroxylation is 1. The molecule has 0 aliphatic heterocycles. The molecular formula is C16H13BrN2O2. The third-order valence-electron chi connectivity index (χ3n) is 3.20. The van der Waals surface area contributed by atoms with Crippen LogP contribution in [0.1, 0.15) is 16.1 Å². The molecule has 1 heterocycles. The fraction of sp³-hybridized carbons (Fsp3) is 0.0625. The first-order valence-corrected chi connectivity index (χ1v) is 7.19. The van der Waals surface area contributed by atoms with Gasteiger partial charge >= 0.3 is 0 Å². The van der Waals surface area contributed by atoms with E-state index in [0.717, 1.165) is 15.4 Å². The number of furan rings is 1. The monoisotopic (exact) mass is 344 g/mol. The molecule has 0 saturated carbocycles. The Bertz CT molecular complexity index is 839. The Morgan fingerprint density at radius 2 is 2.05 bits per heavy atom. The SMILES string of the molecule is Cc1cccc(NC(=O)c2cc3cc(N)ccc3o2)c1Br. The van der Waals surface area contributed by atoms with E-state index >= 15 is 0 Å². The van der Waals surface area contributed by atoms with E-state index in [4.69, 9.17) is 10.2 Å². The highest BCUT2D eigenvalue weighted by molar-refractivity contribution is 9.10. The van der Waals surface area contributed by atoms with Crippen molar-refractivity contribution >= 4 is 44.2 Å². The Morgan fingerprint density at radius 1 is 1.24 bits per heavy atom. The molecule has 3 N–H and O–H groups in total. The standard InChI is InChI=1S/C16H13BrN2O2/c1-9-3-2-4-12(15(9)17)19-16(20)14-8-10-7-11(18)5-6-13(10)21-14/h2-8H,18H2,1H3,(H,19,20). The number of nitrogens with one attached hydrogen (secondary N) is 1. The second kappa shape index (κ2) is 5.26. The van der Waals surface area contributed by atoms with Crippen LogP contribution in [0, 0.1) is 6.92 Å². The molecular weight excluding hydrogens is 332 g/mol. The van der Waals surface area contributed by atoms with E-state index in [1.165, 1.54) is 0 Å². The van der Waals surface area contributed by atoms with Gasteiger partial charge in [0, 0.05) is 15.5 Å². The lowest BCUT2D eigenvalue weighted by molar-refractivity contribution is 0.0998. The van der Waals surface area contributed by atoms with Crippen LogP contribution in [0.2, 0.25) is 0 Å². The number of halogens is 1. The van der Waals surface area contributed by atoms with Crippen molar-refractivity contribution in [2.75, 3.05) is 11.1 Å². The van der Waals surface area contributed by atoms with Crippen LogP contribution in [0.25, 0.3) is 11.0 Å². The van der Waals surface area contributed by atoms with Crippen molar-refractivity contribution in [3.63, 3.8) is 0 Å². The van der Waals surface area contributed by atoms with Crippen molar-refractivity contribution < 1.29 is 9.21 Å². The summed E-state index contributed by atoms with van der Waals surface area (Å²) in [5, 5.41) is 3.64. The number of fused-ring (bicyclic) bond motifs is 1. The minimum atomic E-state index is -0.295. The van der Waals surface area contributed by atoms with Crippen molar-refractivity contribution in [3.8, 4) is 0 Å². The lowest BCUT2D eigenvalue weighted by Gasteiger charge is -2.07. The molecule has 3 aromatic rings. The Morgan fingerprint density at radius 3 is 2.86 bits per heavy atom. The Labute approximate surface area is 130 Å². The van der Waals surface area contributed by atoms with Crippen molar-refractivity contribution in [1.29, 1.82) is 0 Å². The molecule has 5 heteroatoms. The van der Waals surface area contributed by atoms with Gasteiger partial charge in [0.15, 0.2) is 5.76 Å². The summed E-state index contributed by atoms with van der Waals surface area (Å²) < 4.78 is 6.40. The van der Waals surface area contributed by atoms with Gasteiger partial charge in [-0.15, -0.1) is 0 Å². The van der Waals surface area contributed by atoms with Gasteiger partial charge in [0.1, 0.15) is 5.58 Å². The second-order valence-electron chi connectivity index (χ2n) is 4.80. The molecule has 0 bridgehead atoms. The fourth-order valence-electron chi connectivity index (χ4n) is 2.10. The van der Waals surface area contributed by atoms with Crippen molar-refractivity contribution in [3.05, 3.63) is 58.3 Å².